The van der Waals surface area contributed by atoms with Crippen LogP contribution in [0.2, 0.25) is 0 Å². The molecule has 4 N–H and O–H groups in total. The maximum absolute atomic E-state index is 13.0. The Kier molecular flexibility index (Phi) is 7.62. The van der Waals surface area contributed by atoms with Crippen molar-refractivity contribution in [1.29, 1.82) is 0 Å². The van der Waals surface area contributed by atoms with Gasteiger partial charge in [-0.1, -0.05) is 24.3 Å². The first-order valence-electron chi connectivity index (χ1n) is 13.1. The molecule has 0 aliphatic carbocycles. The van der Waals surface area contributed by atoms with Crippen molar-refractivity contribution in [2.24, 2.45) is 5.73 Å². The molecule has 0 spiro atoms. The predicted molar refractivity (Wildman–Crippen MR) is 144 cm³/mol. The number of piperidine rings is 1. The Bertz CT molecular complexity index is 1360. The minimum absolute atomic E-state index is 0.0371. The van der Waals surface area contributed by atoms with E-state index in [0.29, 0.717) is 43.4 Å². The van der Waals surface area contributed by atoms with E-state index in [9.17, 15) is 18.3 Å². The molecular weight excluding hydrogens is 490 g/mol. The van der Waals surface area contributed by atoms with Gasteiger partial charge in [0, 0.05) is 24.4 Å². The van der Waals surface area contributed by atoms with Crippen molar-refractivity contribution >= 4 is 26.8 Å². The summed E-state index contributed by atoms with van der Waals surface area (Å²) in [6, 6.07) is 11.3. The average Bonchev–Trinajstić information content (AvgIpc) is 3.58. The number of aromatic nitrogens is 2. The van der Waals surface area contributed by atoms with Gasteiger partial charge in [0.1, 0.15) is 0 Å². The third kappa shape index (κ3) is 5.57. The van der Waals surface area contributed by atoms with Gasteiger partial charge >= 0.3 is 0 Å². The highest BCUT2D eigenvalue weighted by Gasteiger charge is 2.31. The van der Waals surface area contributed by atoms with Crippen LogP contribution in [0.25, 0.3) is 22.0 Å². The molecule has 2 aliphatic rings. The van der Waals surface area contributed by atoms with Crippen molar-refractivity contribution in [3.8, 4) is 11.1 Å². The molecule has 2 saturated heterocycles. The molecule has 10 heteroatoms. The lowest BCUT2D eigenvalue weighted by Gasteiger charge is -2.30. The van der Waals surface area contributed by atoms with Gasteiger partial charge in [0.15, 0.2) is 0 Å². The minimum Gasteiger partial charge on any atom is -0.392 e. The molecule has 1 aromatic heterocycles. The summed E-state index contributed by atoms with van der Waals surface area (Å²) in [5.41, 5.74) is 10.1. The van der Waals surface area contributed by atoms with E-state index in [2.05, 4.69) is 15.1 Å². The van der Waals surface area contributed by atoms with Crippen LogP contribution in [-0.2, 0) is 16.6 Å². The van der Waals surface area contributed by atoms with Gasteiger partial charge in [-0.25, -0.2) is 12.7 Å². The van der Waals surface area contributed by atoms with Crippen molar-refractivity contribution in [1.82, 2.24) is 19.4 Å². The van der Waals surface area contributed by atoms with Crippen LogP contribution in [0.3, 0.4) is 0 Å². The lowest BCUT2D eigenvalue weighted by Crippen LogP contribution is -2.39. The van der Waals surface area contributed by atoms with Crippen molar-refractivity contribution in [2.75, 3.05) is 38.5 Å². The number of carbonyl (C=O) groups is 1. The summed E-state index contributed by atoms with van der Waals surface area (Å²) in [6.07, 6.45) is 4.44. The van der Waals surface area contributed by atoms with Gasteiger partial charge in [-0.3, -0.25) is 9.89 Å². The Hall–Kier alpha value is -2.79. The fourth-order valence-electron chi connectivity index (χ4n) is 5.63. The van der Waals surface area contributed by atoms with E-state index < -0.39 is 15.9 Å². The highest BCUT2D eigenvalue weighted by molar-refractivity contribution is 7.89. The number of amides is 1. The number of fused-ring (bicyclic) bond motifs is 1. The molecule has 3 heterocycles. The molecule has 0 radical (unpaired) electrons. The third-order valence-corrected chi connectivity index (χ3v) is 9.70. The Labute approximate surface area is 217 Å². The van der Waals surface area contributed by atoms with Crippen LogP contribution in [0.15, 0.2) is 36.4 Å². The number of hydrogen-bond acceptors (Lipinski definition) is 6. The number of nitrogens with two attached hydrogens (primary N) is 1. The number of aromatic amines is 1. The summed E-state index contributed by atoms with van der Waals surface area (Å²) in [5, 5.41) is 17.8. The predicted octanol–water partition coefficient (Wildman–Crippen LogP) is 2.82. The van der Waals surface area contributed by atoms with E-state index in [0.717, 1.165) is 47.4 Å². The number of hydrogen-bond donors (Lipinski definition) is 3. The van der Waals surface area contributed by atoms with Gasteiger partial charge in [0.25, 0.3) is 5.91 Å². The van der Waals surface area contributed by atoms with Crippen molar-refractivity contribution in [3.63, 3.8) is 0 Å². The molecule has 0 atom stereocenters. The van der Waals surface area contributed by atoms with Crippen molar-refractivity contribution in [3.05, 3.63) is 53.2 Å². The Balaban J connectivity index is 1.32. The molecular formula is C27H35N5O4S. The monoisotopic (exact) mass is 525 g/mol. The maximum Gasteiger partial charge on any atom is 0.250 e. The first-order chi connectivity index (χ1) is 17.9. The summed E-state index contributed by atoms with van der Waals surface area (Å²) in [7, 11) is -3.28. The maximum atomic E-state index is 13.0. The van der Waals surface area contributed by atoms with E-state index >= 15 is 0 Å². The number of primary amides is 1. The largest absolute Gasteiger partial charge is 0.392 e. The fourth-order valence-corrected chi connectivity index (χ4v) is 7.15. The van der Waals surface area contributed by atoms with Crippen LogP contribution in [0.5, 0.6) is 0 Å². The second-order valence-corrected chi connectivity index (χ2v) is 12.3. The topological polar surface area (TPSA) is 133 Å². The van der Waals surface area contributed by atoms with Crippen LogP contribution < -0.4 is 5.73 Å². The van der Waals surface area contributed by atoms with Crippen molar-refractivity contribution < 1.29 is 18.3 Å². The molecule has 5 rings (SSSR count). The molecule has 1 amide bonds. The first kappa shape index (κ1) is 25.8. The second-order valence-electron chi connectivity index (χ2n) is 10.2. The summed E-state index contributed by atoms with van der Waals surface area (Å²) < 4.78 is 27.5. The van der Waals surface area contributed by atoms with Crippen LogP contribution in [-0.4, -0.2) is 77.3 Å². The number of aliphatic hydroxyl groups is 1. The molecule has 0 unspecified atom stereocenters. The smallest absolute Gasteiger partial charge is 0.250 e. The number of aliphatic hydroxyl groups excluding tert-OH is 1. The van der Waals surface area contributed by atoms with E-state index in [1.54, 1.807) is 10.4 Å². The average molecular weight is 526 g/mol. The number of carbonyl (C=O) groups excluding carboxylic acids is 1. The molecule has 2 fully saturated rings. The summed E-state index contributed by atoms with van der Waals surface area (Å²) in [6.45, 7) is 3.91. The van der Waals surface area contributed by atoms with Crippen LogP contribution >= 0.6 is 0 Å². The third-order valence-electron chi connectivity index (χ3n) is 7.75. The Morgan fingerprint density at radius 2 is 1.76 bits per heavy atom. The van der Waals surface area contributed by atoms with Gasteiger partial charge in [-0.05, 0) is 80.6 Å². The number of sulfonamides is 1. The van der Waals surface area contributed by atoms with Crippen molar-refractivity contribution in [2.45, 2.75) is 44.6 Å². The molecule has 9 nitrogen and oxygen atoms in total. The zero-order valence-electron chi connectivity index (χ0n) is 21.0. The van der Waals surface area contributed by atoms with Crippen LogP contribution in [0, 0.1) is 0 Å². The van der Waals surface area contributed by atoms with Gasteiger partial charge in [0.2, 0.25) is 10.0 Å². The SMILES string of the molecule is NC(=O)c1cc(-c2ccc(CO)cc2)cc2c(C3CCN(S(=O)(=O)CCCN4CCCC4)CC3)n[nH]c12. The molecule has 2 aromatic carbocycles. The minimum atomic E-state index is -3.28. The molecule has 198 valence electrons. The normalized spacial score (nSPS) is 18.1. The highest BCUT2D eigenvalue weighted by atomic mass is 32.2. The summed E-state index contributed by atoms with van der Waals surface area (Å²) in [4.78, 5) is 14.6. The molecule has 2 aliphatic heterocycles. The number of nitrogens with one attached hydrogen (secondary N) is 1. The van der Waals surface area contributed by atoms with Crippen LogP contribution in [0.4, 0.5) is 0 Å². The lowest BCUT2D eigenvalue weighted by molar-refractivity contribution is 0.100. The number of benzene rings is 2. The van der Waals surface area contributed by atoms with Gasteiger partial charge in [-0.2, -0.15) is 5.10 Å². The molecule has 0 bridgehead atoms. The van der Waals surface area contributed by atoms with Gasteiger partial charge in [0.05, 0.1) is 29.1 Å². The zero-order valence-corrected chi connectivity index (χ0v) is 21.8. The first-order valence-corrected chi connectivity index (χ1v) is 14.7. The number of likely N-dealkylation sites (tertiary alicyclic amines) is 1. The fraction of sp³-hybridized carbons (Fsp3) is 0.481. The Morgan fingerprint density at radius 1 is 1.05 bits per heavy atom. The molecule has 37 heavy (non-hydrogen) atoms. The Morgan fingerprint density at radius 3 is 2.41 bits per heavy atom. The van der Waals surface area contributed by atoms with Gasteiger partial charge < -0.3 is 15.7 Å². The number of H-pyrrole nitrogens is 1. The summed E-state index contributed by atoms with van der Waals surface area (Å²) in [5.74, 6) is -0.263. The molecule has 0 saturated carbocycles. The van der Waals surface area contributed by atoms with E-state index in [-0.39, 0.29) is 18.3 Å². The lowest BCUT2D eigenvalue weighted by atomic mass is 9.90. The van der Waals surface area contributed by atoms with E-state index in [1.807, 2.05) is 30.3 Å². The van der Waals surface area contributed by atoms with Gasteiger partial charge in [-0.15, -0.1) is 0 Å². The second kappa shape index (κ2) is 10.9. The standard InChI is InChI=1S/C27H35N5O4S/c28-27(34)24-17-22(20-6-4-19(18-33)5-7-20)16-23-25(29-30-26(23)24)21-8-13-32(14-9-21)37(35,36)15-3-12-31-10-1-2-11-31/h4-7,16-17,21,33H,1-3,8-15,18H2,(H2,28,34)(H,29,30). The summed E-state index contributed by atoms with van der Waals surface area (Å²) >= 11 is 0. The number of nitrogens with zero attached hydrogens (tertiary/aromatic N) is 3. The van der Waals surface area contributed by atoms with E-state index in [4.69, 9.17) is 5.73 Å². The quantitative estimate of drug-likeness (QED) is 0.394. The zero-order chi connectivity index (χ0) is 26.0. The van der Waals surface area contributed by atoms with E-state index in [1.165, 1.54) is 12.8 Å². The highest BCUT2D eigenvalue weighted by Crippen LogP contribution is 2.36. The molecule has 3 aromatic rings. The van der Waals surface area contributed by atoms with Crippen LogP contribution in [0.1, 0.15) is 59.6 Å². The number of rotatable bonds is 9.